The van der Waals surface area contributed by atoms with Gasteiger partial charge < -0.3 is 16.6 Å². The maximum Gasteiger partial charge on any atom is 0.303 e. The first kappa shape index (κ1) is 62.7. The highest BCUT2D eigenvalue weighted by atomic mass is 16.4. The molecule has 360 valence electrons. The summed E-state index contributed by atoms with van der Waals surface area (Å²) in [7, 11) is 0. The van der Waals surface area contributed by atoms with Gasteiger partial charge in [-0.2, -0.15) is 0 Å². The first-order valence-corrected chi connectivity index (χ1v) is 27.1. The Balaban J connectivity index is -0.000000812. The summed E-state index contributed by atoms with van der Waals surface area (Å²) < 4.78 is 0. The summed E-state index contributed by atoms with van der Waals surface area (Å²) in [5.41, 5.74) is 10.2. The van der Waals surface area contributed by atoms with Crippen molar-refractivity contribution in [2.24, 2.45) is 11.5 Å². The molecule has 0 aromatic carbocycles. The zero-order valence-electron chi connectivity index (χ0n) is 41.3. The van der Waals surface area contributed by atoms with Crippen LogP contribution in [0.5, 0.6) is 0 Å². The quantitative estimate of drug-likeness (QED) is 0.0527. The van der Waals surface area contributed by atoms with E-state index in [4.69, 9.17) is 16.6 Å². The van der Waals surface area contributed by atoms with E-state index in [1.54, 1.807) is 0 Å². The van der Waals surface area contributed by atoms with Crippen LogP contribution < -0.4 is 11.5 Å². The van der Waals surface area contributed by atoms with Crippen molar-refractivity contribution < 1.29 is 19.5 Å². The second-order valence-corrected chi connectivity index (χ2v) is 18.4. The van der Waals surface area contributed by atoms with Gasteiger partial charge in [-0.15, -0.1) is 0 Å². The van der Waals surface area contributed by atoms with Gasteiger partial charge in [0, 0.05) is 19.3 Å². The van der Waals surface area contributed by atoms with Crippen molar-refractivity contribution in [1.82, 2.24) is 0 Å². The van der Waals surface area contributed by atoms with Crippen LogP contribution >= 0.6 is 0 Å². The molecule has 0 unspecified atom stereocenters. The number of carboxylic acids is 1. The number of unbranched alkanes of at least 4 members (excludes halogenated alkanes) is 42. The van der Waals surface area contributed by atoms with Crippen LogP contribution in [0, 0.1) is 0 Å². The van der Waals surface area contributed by atoms with E-state index in [0.717, 1.165) is 25.7 Å². The van der Waals surface area contributed by atoms with Crippen molar-refractivity contribution in [2.45, 2.75) is 329 Å². The Labute approximate surface area is 376 Å². The summed E-state index contributed by atoms with van der Waals surface area (Å²) in [6, 6.07) is 0. The van der Waals surface area contributed by atoms with Crippen molar-refractivity contribution in [3.8, 4) is 0 Å². The van der Waals surface area contributed by atoms with Gasteiger partial charge in [-0.25, -0.2) is 0 Å². The van der Waals surface area contributed by atoms with Crippen molar-refractivity contribution >= 4 is 17.8 Å². The van der Waals surface area contributed by atoms with Crippen molar-refractivity contribution in [3.05, 3.63) is 0 Å². The Kier molecular flexibility index (Phi) is 62.2. The molecule has 0 fully saturated rings. The van der Waals surface area contributed by atoms with Crippen LogP contribution in [0.1, 0.15) is 329 Å². The molecule has 0 heterocycles. The number of primary amides is 2. The Hall–Kier alpha value is -1.59. The first-order chi connectivity index (χ1) is 29.3. The number of hydrogen-bond acceptors (Lipinski definition) is 3. The molecule has 0 aliphatic carbocycles. The van der Waals surface area contributed by atoms with Crippen LogP contribution in [-0.4, -0.2) is 22.9 Å². The van der Waals surface area contributed by atoms with Gasteiger partial charge in [0.25, 0.3) is 0 Å². The number of hydrogen-bond donors (Lipinski definition) is 3. The van der Waals surface area contributed by atoms with E-state index in [2.05, 4.69) is 20.8 Å². The smallest absolute Gasteiger partial charge is 0.303 e. The van der Waals surface area contributed by atoms with Crippen molar-refractivity contribution in [2.75, 3.05) is 0 Å². The number of nitrogens with two attached hydrogens (primary N) is 2. The largest absolute Gasteiger partial charge is 0.481 e. The van der Waals surface area contributed by atoms with E-state index in [1.807, 2.05) is 0 Å². The molecule has 0 rings (SSSR count). The lowest BCUT2D eigenvalue weighted by molar-refractivity contribution is -0.137. The van der Waals surface area contributed by atoms with Gasteiger partial charge in [-0.1, -0.05) is 290 Å². The molecule has 6 nitrogen and oxygen atoms in total. The fourth-order valence-corrected chi connectivity index (χ4v) is 7.99. The van der Waals surface area contributed by atoms with E-state index < -0.39 is 5.97 Å². The molecule has 0 saturated carbocycles. The summed E-state index contributed by atoms with van der Waals surface area (Å²) in [6.45, 7) is 6.82. The number of amides is 2. The zero-order chi connectivity index (χ0) is 44.7. The van der Waals surface area contributed by atoms with Gasteiger partial charge in [0.1, 0.15) is 0 Å². The van der Waals surface area contributed by atoms with E-state index >= 15 is 0 Å². The Morgan fingerprint density at radius 2 is 0.383 bits per heavy atom. The third-order valence-corrected chi connectivity index (χ3v) is 12.0. The number of rotatable bonds is 48. The molecular formula is C54H110N2O4. The van der Waals surface area contributed by atoms with Crippen LogP contribution in [0.25, 0.3) is 0 Å². The lowest BCUT2D eigenvalue weighted by Gasteiger charge is -2.03. The predicted molar refractivity (Wildman–Crippen MR) is 265 cm³/mol. The average Bonchev–Trinajstić information content (AvgIpc) is 3.22. The number of aliphatic carboxylic acids is 1. The lowest BCUT2D eigenvalue weighted by Crippen LogP contribution is -2.09. The monoisotopic (exact) mass is 851 g/mol. The fourth-order valence-electron chi connectivity index (χ4n) is 7.99. The molecule has 0 aromatic heterocycles. The minimum atomic E-state index is -0.653. The first-order valence-electron chi connectivity index (χ1n) is 27.1. The fraction of sp³-hybridized carbons (Fsp3) is 0.944. The molecule has 0 bridgehead atoms. The second kappa shape index (κ2) is 59.5. The van der Waals surface area contributed by atoms with Crippen LogP contribution in [-0.2, 0) is 14.4 Å². The minimum Gasteiger partial charge on any atom is -0.481 e. The highest BCUT2D eigenvalue weighted by molar-refractivity contribution is 5.73. The summed E-state index contributed by atoms with van der Waals surface area (Å²) >= 11 is 0. The van der Waals surface area contributed by atoms with Gasteiger partial charge in [0.2, 0.25) is 11.8 Å². The Bertz CT molecular complexity index is 715. The molecule has 60 heavy (non-hydrogen) atoms. The molecule has 0 spiro atoms. The summed E-state index contributed by atoms with van der Waals surface area (Å²) in [5, 5.41) is 8.52. The van der Waals surface area contributed by atoms with E-state index in [9.17, 15) is 14.4 Å². The van der Waals surface area contributed by atoms with Crippen LogP contribution in [0.3, 0.4) is 0 Å². The summed E-state index contributed by atoms with van der Waals surface area (Å²) in [6.07, 6.45) is 62.0. The molecule has 0 aliphatic heterocycles. The van der Waals surface area contributed by atoms with Crippen LogP contribution in [0.4, 0.5) is 0 Å². The normalized spacial score (nSPS) is 10.8. The highest BCUT2D eigenvalue weighted by Gasteiger charge is 1.99. The van der Waals surface area contributed by atoms with Crippen LogP contribution in [0.2, 0.25) is 0 Å². The molecule has 0 aliphatic rings. The minimum absolute atomic E-state index is 0.153. The van der Waals surface area contributed by atoms with Gasteiger partial charge >= 0.3 is 5.97 Å². The standard InChI is InChI=1S/2C18H37NO.C18H36O2/c3*1-2-3-4-5-6-7-8-9-10-11-12-13-14-15-16-17-18(19)20/h2*2-17H2,1H3,(H2,19,20);2-17H2,1H3,(H,19,20). The maximum atomic E-state index is 10.6. The van der Waals surface area contributed by atoms with Gasteiger partial charge in [-0.3, -0.25) is 14.4 Å². The molecule has 0 aromatic rings. The van der Waals surface area contributed by atoms with E-state index in [-0.39, 0.29) is 11.8 Å². The SMILES string of the molecule is CCCCCCCCCCCCCCCCCC(=O)O.CCCCCCCCCCCCCCCCCC(N)=O.CCCCCCCCCCCCCCCCCC(N)=O. The van der Waals surface area contributed by atoms with Gasteiger partial charge in [0.05, 0.1) is 0 Å². The molecule has 0 radical (unpaired) electrons. The molecule has 0 atom stereocenters. The summed E-state index contributed by atoms with van der Waals surface area (Å²) in [4.78, 5) is 31.4. The van der Waals surface area contributed by atoms with Gasteiger partial charge in [0.15, 0.2) is 0 Å². The topological polar surface area (TPSA) is 123 Å². The third kappa shape index (κ3) is 70.9. The maximum absolute atomic E-state index is 10.6. The number of carbonyl (C=O) groups is 3. The van der Waals surface area contributed by atoms with Crippen LogP contribution in [0.15, 0.2) is 0 Å². The Morgan fingerprint density at radius 1 is 0.250 bits per heavy atom. The van der Waals surface area contributed by atoms with Crippen molar-refractivity contribution in [1.29, 1.82) is 0 Å². The Morgan fingerprint density at radius 3 is 0.517 bits per heavy atom. The molecule has 5 N–H and O–H groups in total. The molecular weight excluding hydrogens is 741 g/mol. The van der Waals surface area contributed by atoms with Gasteiger partial charge in [-0.05, 0) is 19.3 Å². The highest BCUT2D eigenvalue weighted by Crippen LogP contribution is 2.16. The predicted octanol–water partition coefficient (Wildman–Crippen LogP) is 17.8. The number of carboxylic acid groups (broad SMARTS) is 1. The van der Waals surface area contributed by atoms with E-state index in [0.29, 0.717) is 19.3 Å². The molecule has 2 amide bonds. The lowest BCUT2D eigenvalue weighted by atomic mass is 10.0. The van der Waals surface area contributed by atoms with Crippen molar-refractivity contribution in [3.63, 3.8) is 0 Å². The zero-order valence-corrected chi connectivity index (χ0v) is 41.3. The average molecular weight is 851 g/mol. The molecule has 0 saturated heterocycles. The third-order valence-electron chi connectivity index (χ3n) is 12.0. The molecule has 6 heteroatoms. The second-order valence-electron chi connectivity index (χ2n) is 18.4. The summed E-state index contributed by atoms with van der Waals surface area (Å²) in [5.74, 6) is -0.959. The van der Waals surface area contributed by atoms with E-state index in [1.165, 1.54) is 263 Å². The number of carbonyl (C=O) groups excluding carboxylic acids is 2.